The van der Waals surface area contributed by atoms with E-state index in [9.17, 15) is 13.2 Å². The molecule has 2 rings (SSSR count). The zero-order valence-corrected chi connectivity index (χ0v) is 15.5. The molecule has 0 unspecified atom stereocenters. The Morgan fingerprint density at radius 1 is 1.04 bits per heavy atom. The number of ether oxygens (including phenoxy) is 2. The first kappa shape index (κ1) is 19.5. The van der Waals surface area contributed by atoms with Crippen molar-refractivity contribution in [3.63, 3.8) is 0 Å². The van der Waals surface area contributed by atoms with Crippen molar-refractivity contribution in [3.8, 4) is 11.5 Å². The van der Waals surface area contributed by atoms with Gasteiger partial charge in [0.05, 0.1) is 20.3 Å². The highest BCUT2D eigenvalue weighted by Crippen LogP contribution is 2.29. The van der Waals surface area contributed by atoms with Gasteiger partial charge in [-0.05, 0) is 49.4 Å². The second kappa shape index (κ2) is 8.07. The van der Waals surface area contributed by atoms with Crippen LogP contribution in [0.3, 0.4) is 0 Å². The van der Waals surface area contributed by atoms with Gasteiger partial charge in [0.2, 0.25) is 5.91 Å². The summed E-state index contributed by atoms with van der Waals surface area (Å²) in [6, 6.07) is 9.99. The fourth-order valence-electron chi connectivity index (χ4n) is 2.09. The molecule has 0 saturated carbocycles. The Hall–Kier alpha value is -2.78. The van der Waals surface area contributed by atoms with Gasteiger partial charge in [0.1, 0.15) is 16.4 Å². The first-order chi connectivity index (χ1) is 12.3. The van der Waals surface area contributed by atoms with Gasteiger partial charge in [-0.1, -0.05) is 0 Å². The second-order valence-corrected chi connectivity index (χ2v) is 7.13. The minimum Gasteiger partial charge on any atom is -0.497 e. The van der Waals surface area contributed by atoms with Crippen LogP contribution in [0.2, 0.25) is 0 Å². The number of nitrogens with two attached hydrogens (primary N) is 1. The van der Waals surface area contributed by atoms with E-state index >= 15 is 0 Å². The van der Waals surface area contributed by atoms with Crippen LogP contribution < -0.4 is 25.2 Å². The maximum Gasteiger partial charge on any atom is 0.265 e. The molecule has 1 amide bonds. The van der Waals surface area contributed by atoms with E-state index in [4.69, 9.17) is 15.2 Å². The largest absolute Gasteiger partial charge is 0.497 e. The third-order valence-corrected chi connectivity index (χ3v) is 4.88. The molecule has 0 aliphatic heterocycles. The van der Waals surface area contributed by atoms with E-state index in [1.54, 1.807) is 24.3 Å². The summed E-state index contributed by atoms with van der Waals surface area (Å²) in [4.78, 5) is 11.6. The average molecular weight is 379 g/mol. The Bertz CT molecular complexity index is 880. The molecule has 140 valence electrons. The van der Waals surface area contributed by atoms with E-state index in [1.165, 1.54) is 39.3 Å². The lowest BCUT2D eigenvalue weighted by Gasteiger charge is -2.14. The monoisotopic (exact) mass is 379 g/mol. The highest BCUT2D eigenvalue weighted by molar-refractivity contribution is 7.92. The van der Waals surface area contributed by atoms with E-state index < -0.39 is 22.0 Å². The normalized spacial score (nSPS) is 12.2. The molecule has 0 aromatic heterocycles. The summed E-state index contributed by atoms with van der Waals surface area (Å²) in [5, 5.41) is 2.56. The van der Waals surface area contributed by atoms with Gasteiger partial charge in [0, 0.05) is 11.4 Å². The van der Waals surface area contributed by atoms with Gasteiger partial charge in [-0.25, -0.2) is 8.42 Å². The third kappa shape index (κ3) is 4.64. The highest BCUT2D eigenvalue weighted by atomic mass is 32.2. The Balaban J connectivity index is 2.34. The lowest BCUT2D eigenvalue weighted by molar-refractivity contribution is -0.117. The lowest BCUT2D eigenvalue weighted by Crippen LogP contribution is -2.32. The highest BCUT2D eigenvalue weighted by Gasteiger charge is 2.21. The minimum absolute atomic E-state index is 0.113. The number of carbonyl (C=O) groups is 1. The molecule has 8 nitrogen and oxygen atoms in total. The van der Waals surface area contributed by atoms with Crippen LogP contribution in [0.5, 0.6) is 11.5 Å². The number of hydrogen-bond acceptors (Lipinski definition) is 6. The molecule has 4 N–H and O–H groups in total. The Morgan fingerprint density at radius 3 is 2.19 bits per heavy atom. The number of sulfonamides is 1. The molecule has 1 atom stereocenters. The average Bonchev–Trinajstić information content (AvgIpc) is 2.62. The fourth-order valence-corrected chi connectivity index (χ4v) is 3.34. The molecule has 0 fully saturated rings. The van der Waals surface area contributed by atoms with Crippen LogP contribution in [0.4, 0.5) is 11.4 Å². The van der Waals surface area contributed by atoms with E-state index in [0.717, 1.165) is 0 Å². The molecule has 0 radical (unpaired) electrons. The number of nitrogens with one attached hydrogen (secondary N) is 2. The van der Waals surface area contributed by atoms with Crippen LogP contribution in [0.15, 0.2) is 47.4 Å². The standard InChI is InChI=1S/C17H21N3O5S/c1-11(18)17(21)19-13-6-9-15(25-3)16(10-13)26(22,23)20-12-4-7-14(24-2)8-5-12/h4-11,20H,18H2,1-3H3,(H,19,21)/t11-/m1/s1. The summed E-state index contributed by atoms with van der Waals surface area (Å²) >= 11 is 0. The van der Waals surface area contributed by atoms with Gasteiger partial charge in [-0.15, -0.1) is 0 Å². The van der Waals surface area contributed by atoms with Crippen molar-refractivity contribution in [2.24, 2.45) is 5.73 Å². The Morgan fingerprint density at radius 2 is 1.65 bits per heavy atom. The smallest absolute Gasteiger partial charge is 0.265 e. The summed E-state index contributed by atoms with van der Waals surface area (Å²) in [7, 11) is -1.07. The number of benzene rings is 2. The van der Waals surface area contributed by atoms with E-state index in [2.05, 4.69) is 10.0 Å². The molecule has 0 bridgehead atoms. The second-order valence-electron chi connectivity index (χ2n) is 5.48. The van der Waals surface area contributed by atoms with Gasteiger partial charge >= 0.3 is 0 Å². The predicted octanol–water partition coefficient (Wildman–Crippen LogP) is 1.79. The molecule has 9 heteroatoms. The van der Waals surface area contributed by atoms with Crippen molar-refractivity contribution in [1.29, 1.82) is 0 Å². The maximum atomic E-state index is 12.7. The van der Waals surface area contributed by atoms with Crippen molar-refractivity contribution in [2.45, 2.75) is 17.9 Å². The van der Waals surface area contributed by atoms with Gasteiger partial charge in [0.25, 0.3) is 10.0 Å². The fraction of sp³-hybridized carbons (Fsp3) is 0.235. The van der Waals surface area contributed by atoms with Crippen molar-refractivity contribution >= 4 is 27.3 Å². The SMILES string of the molecule is COc1ccc(NS(=O)(=O)c2cc(NC(=O)[C@@H](C)N)ccc2OC)cc1. The van der Waals surface area contributed by atoms with Crippen LogP contribution in [-0.2, 0) is 14.8 Å². The summed E-state index contributed by atoms with van der Waals surface area (Å²) in [6.07, 6.45) is 0. The zero-order chi connectivity index (χ0) is 19.3. The van der Waals surface area contributed by atoms with Crippen LogP contribution in [-0.4, -0.2) is 34.6 Å². The number of methoxy groups -OCH3 is 2. The summed E-state index contributed by atoms with van der Waals surface area (Å²) < 4.78 is 38.1. The molecule has 0 heterocycles. The van der Waals surface area contributed by atoms with Crippen molar-refractivity contribution < 1.29 is 22.7 Å². The molecule has 0 aliphatic rings. The molecule has 2 aromatic rings. The first-order valence-electron chi connectivity index (χ1n) is 7.68. The van der Waals surface area contributed by atoms with Gasteiger partial charge in [0.15, 0.2) is 0 Å². The topological polar surface area (TPSA) is 120 Å². The Labute approximate surface area is 152 Å². The first-order valence-corrected chi connectivity index (χ1v) is 9.16. The van der Waals surface area contributed by atoms with Crippen LogP contribution in [0.1, 0.15) is 6.92 Å². The van der Waals surface area contributed by atoms with E-state index in [1.807, 2.05) is 0 Å². The zero-order valence-electron chi connectivity index (χ0n) is 14.6. The summed E-state index contributed by atoms with van der Waals surface area (Å²) in [6.45, 7) is 1.53. The summed E-state index contributed by atoms with van der Waals surface area (Å²) in [5.41, 5.74) is 6.17. The van der Waals surface area contributed by atoms with Crippen LogP contribution >= 0.6 is 0 Å². The van der Waals surface area contributed by atoms with E-state index in [-0.39, 0.29) is 10.6 Å². The van der Waals surface area contributed by atoms with Gasteiger partial charge in [-0.2, -0.15) is 0 Å². The third-order valence-electron chi connectivity index (χ3n) is 3.48. The van der Waals surface area contributed by atoms with Crippen molar-refractivity contribution in [2.75, 3.05) is 24.3 Å². The number of rotatable bonds is 7. The number of amides is 1. The number of anilines is 2. The van der Waals surface area contributed by atoms with Gasteiger partial charge in [-0.3, -0.25) is 9.52 Å². The quantitative estimate of drug-likeness (QED) is 0.675. The minimum atomic E-state index is -3.95. The van der Waals surface area contributed by atoms with Gasteiger partial charge < -0.3 is 20.5 Å². The molecule has 0 spiro atoms. The lowest BCUT2D eigenvalue weighted by atomic mass is 10.2. The number of carbonyl (C=O) groups excluding carboxylic acids is 1. The number of hydrogen-bond donors (Lipinski definition) is 3. The van der Waals surface area contributed by atoms with Crippen molar-refractivity contribution in [1.82, 2.24) is 0 Å². The molecule has 0 saturated heterocycles. The molecular weight excluding hydrogens is 358 g/mol. The van der Waals surface area contributed by atoms with Crippen LogP contribution in [0, 0.1) is 0 Å². The predicted molar refractivity (Wildman–Crippen MR) is 99.1 cm³/mol. The molecule has 0 aliphatic carbocycles. The van der Waals surface area contributed by atoms with Crippen molar-refractivity contribution in [3.05, 3.63) is 42.5 Å². The molecular formula is C17H21N3O5S. The summed E-state index contributed by atoms with van der Waals surface area (Å²) in [5.74, 6) is 0.317. The molecule has 26 heavy (non-hydrogen) atoms. The maximum absolute atomic E-state index is 12.7. The van der Waals surface area contributed by atoms with Crippen LogP contribution in [0.25, 0.3) is 0 Å². The molecule has 2 aromatic carbocycles. The Kier molecular flexibility index (Phi) is 6.06. The van der Waals surface area contributed by atoms with E-state index in [0.29, 0.717) is 17.1 Å².